The van der Waals surface area contributed by atoms with Gasteiger partial charge in [-0.15, -0.1) is 0 Å². The molecule has 0 bridgehead atoms. The first-order valence-corrected chi connectivity index (χ1v) is 14.3. The molecule has 2 aromatic heterocycles. The van der Waals surface area contributed by atoms with Gasteiger partial charge < -0.3 is 9.67 Å². The minimum absolute atomic E-state index is 0.241. The van der Waals surface area contributed by atoms with Crippen LogP contribution < -0.4 is 4.90 Å². The van der Waals surface area contributed by atoms with Crippen LogP contribution in [-0.4, -0.2) is 20.6 Å². The summed E-state index contributed by atoms with van der Waals surface area (Å²) < 4.78 is 2.12. The van der Waals surface area contributed by atoms with Crippen molar-refractivity contribution in [2.45, 2.75) is 6.23 Å². The minimum Gasteiger partial charge on any atom is -0.369 e. The number of aliphatic hydroxyl groups is 1. The molecule has 1 aliphatic rings. The Morgan fingerprint density at radius 1 is 0.682 bits per heavy atom. The summed E-state index contributed by atoms with van der Waals surface area (Å²) in [7, 11) is 0. The number of rotatable bonds is 4. The molecule has 44 heavy (non-hydrogen) atoms. The number of nitrogens with zero attached hydrogens (tertiary/aromatic N) is 4. The molecule has 1 amide bonds. The predicted octanol–water partition coefficient (Wildman–Crippen LogP) is 8.04. The summed E-state index contributed by atoms with van der Waals surface area (Å²) in [6.45, 7) is 0. The fourth-order valence-corrected chi connectivity index (χ4v) is 6.35. The van der Waals surface area contributed by atoms with E-state index in [1.54, 1.807) is 18.5 Å². The molecular weight excluding hydrogens is 544 g/mol. The number of aromatic nitrogens is 2. The van der Waals surface area contributed by atoms with Crippen LogP contribution in [0.5, 0.6) is 0 Å². The number of benzene rings is 5. The van der Waals surface area contributed by atoms with Crippen molar-refractivity contribution in [3.63, 3.8) is 0 Å². The van der Waals surface area contributed by atoms with E-state index < -0.39 is 6.23 Å². The van der Waals surface area contributed by atoms with Gasteiger partial charge in [-0.2, -0.15) is 5.26 Å². The largest absolute Gasteiger partial charge is 0.369 e. The van der Waals surface area contributed by atoms with Crippen molar-refractivity contribution < 1.29 is 9.90 Å². The van der Waals surface area contributed by atoms with E-state index in [2.05, 4.69) is 33.8 Å². The van der Waals surface area contributed by atoms with Gasteiger partial charge in [0.05, 0.1) is 22.3 Å². The van der Waals surface area contributed by atoms with Gasteiger partial charge in [-0.3, -0.25) is 14.7 Å². The van der Waals surface area contributed by atoms with Crippen LogP contribution >= 0.6 is 0 Å². The summed E-state index contributed by atoms with van der Waals surface area (Å²) in [4.78, 5) is 19.5. The second kappa shape index (κ2) is 10.1. The smallest absolute Gasteiger partial charge is 0.261 e. The number of pyridine rings is 1. The second-order valence-corrected chi connectivity index (χ2v) is 10.9. The number of aliphatic hydroxyl groups excluding tert-OH is 1. The van der Waals surface area contributed by atoms with Crippen molar-refractivity contribution in [2.75, 3.05) is 4.90 Å². The molecule has 0 radical (unpaired) electrons. The standard InChI is InChI=1S/C38H24N4O2/c39-21-24-19-28(23-40-22-24)27-15-18-34-32(20-27)30-9-4-5-11-33(30)42(34)35-12-6-10-31-36(35)38(44)41(37(31)43)29-16-13-26(14-17-29)25-7-2-1-3-8-25/h1-20,22-23,38,44H. The first-order valence-electron chi connectivity index (χ1n) is 14.3. The summed E-state index contributed by atoms with van der Waals surface area (Å²) >= 11 is 0. The lowest BCUT2D eigenvalue weighted by molar-refractivity contribution is 0.0935. The molecule has 6 heteroatoms. The molecule has 0 fully saturated rings. The maximum Gasteiger partial charge on any atom is 0.261 e. The third kappa shape index (κ3) is 3.92. The monoisotopic (exact) mass is 568 g/mol. The topological polar surface area (TPSA) is 82.2 Å². The Morgan fingerprint density at radius 3 is 2.23 bits per heavy atom. The normalized spacial score (nSPS) is 14.2. The third-order valence-electron chi connectivity index (χ3n) is 8.40. The molecule has 5 aromatic carbocycles. The van der Waals surface area contributed by atoms with Crippen molar-refractivity contribution in [2.24, 2.45) is 0 Å². The molecule has 8 rings (SSSR count). The Balaban J connectivity index is 1.26. The molecule has 0 aliphatic carbocycles. The number of carbonyl (C=O) groups excluding carboxylic acids is 1. The van der Waals surface area contributed by atoms with Crippen LogP contribution in [0.2, 0.25) is 0 Å². The third-order valence-corrected chi connectivity index (χ3v) is 8.40. The van der Waals surface area contributed by atoms with Gasteiger partial charge in [0.25, 0.3) is 5.91 Å². The number of carbonyl (C=O) groups is 1. The lowest BCUT2D eigenvalue weighted by atomic mass is 10.0. The highest BCUT2D eigenvalue weighted by Crippen LogP contribution is 2.43. The van der Waals surface area contributed by atoms with Gasteiger partial charge in [-0.05, 0) is 65.2 Å². The molecule has 0 saturated heterocycles. The van der Waals surface area contributed by atoms with Gasteiger partial charge >= 0.3 is 0 Å². The Morgan fingerprint density at radius 2 is 1.41 bits per heavy atom. The quantitative estimate of drug-likeness (QED) is 0.233. The van der Waals surface area contributed by atoms with Crippen molar-refractivity contribution in [3.8, 4) is 34.0 Å². The minimum atomic E-state index is -1.16. The number of nitriles is 1. The van der Waals surface area contributed by atoms with Gasteiger partial charge in [0, 0.05) is 45.5 Å². The van der Waals surface area contributed by atoms with E-state index in [0.717, 1.165) is 49.7 Å². The van der Waals surface area contributed by atoms with Crippen molar-refractivity contribution >= 4 is 33.4 Å². The Labute approximate surface area is 253 Å². The zero-order chi connectivity index (χ0) is 29.8. The molecule has 0 saturated carbocycles. The van der Waals surface area contributed by atoms with E-state index >= 15 is 0 Å². The summed E-state index contributed by atoms with van der Waals surface area (Å²) in [6.07, 6.45) is 2.15. The molecular formula is C38H24N4O2. The van der Waals surface area contributed by atoms with Gasteiger partial charge in [0.15, 0.2) is 6.23 Å². The molecule has 208 valence electrons. The zero-order valence-electron chi connectivity index (χ0n) is 23.4. The average Bonchev–Trinajstić information content (AvgIpc) is 3.55. The number of fused-ring (bicyclic) bond motifs is 4. The molecule has 7 aromatic rings. The molecule has 1 atom stereocenters. The predicted molar refractivity (Wildman–Crippen MR) is 172 cm³/mol. The highest BCUT2D eigenvalue weighted by Gasteiger charge is 2.39. The van der Waals surface area contributed by atoms with Crippen LogP contribution in [0.1, 0.15) is 27.7 Å². The summed E-state index contributed by atoms with van der Waals surface area (Å²) in [6, 6.07) is 41.7. The fraction of sp³-hybridized carbons (Fsp3) is 0.0263. The van der Waals surface area contributed by atoms with Crippen LogP contribution in [0.3, 0.4) is 0 Å². The van der Waals surface area contributed by atoms with Crippen LogP contribution in [0.15, 0.2) is 134 Å². The highest BCUT2D eigenvalue weighted by atomic mass is 16.3. The van der Waals surface area contributed by atoms with Crippen LogP contribution in [0.4, 0.5) is 5.69 Å². The lowest BCUT2D eigenvalue weighted by Crippen LogP contribution is -2.27. The molecule has 1 unspecified atom stereocenters. The summed E-state index contributed by atoms with van der Waals surface area (Å²) in [5.74, 6) is -0.241. The van der Waals surface area contributed by atoms with E-state index in [4.69, 9.17) is 0 Å². The first kappa shape index (κ1) is 25.7. The van der Waals surface area contributed by atoms with Crippen molar-refractivity contribution in [1.29, 1.82) is 5.26 Å². The number of para-hydroxylation sites is 1. The van der Waals surface area contributed by atoms with E-state index in [1.165, 1.54) is 4.90 Å². The summed E-state index contributed by atoms with van der Waals surface area (Å²) in [5.41, 5.74) is 8.76. The van der Waals surface area contributed by atoms with E-state index in [9.17, 15) is 15.2 Å². The SMILES string of the molecule is N#Cc1cncc(-c2ccc3c(c2)c2ccccc2n3-c2cccc3c2C(O)N(c2ccc(-c4ccccc4)cc2)C3=O)c1. The first-order chi connectivity index (χ1) is 21.6. The number of hydrogen-bond donors (Lipinski definition) is 1. The number of amides is 1. The highest BCUT2D eigenvalue weighted by molar-refractivity contribution is 6.13. The van der Waals surface area contributed by atoms with Crippen LogP contribution in [0.25, 0.3) is 49.7 Å². The van der Waals surface area contributed by atoms with Crippen molar-refractivity contribution in [3.05, 3.63) is 150 Å². The molecule has 0 spiro atoms. The van der Waals surface area contributed by atoms with E-state index in [1.807, 2.05) is 97.1 Å². The molecule has 1 aliphatic heterocycles. The van der Waals surface area contributed by atoms with Gasteiger partial charge in [-0.25, -0.2) is 0 Å². The Kier molecular flexibility index (Phi) is 5.86. The van der Waals surface area contributed by atoms with Gasteiger partial charge in [-0.1, -0.05) is 72.8 Å². The second-order valence-electron chi connectivity index (χ2n) is 10.9. The average molecular weight is 569 g/mol. The van der Waals surface area contributed by atoms with Crippen molar-refractivity contribution in [1.82, 2.24) is 9.55 Å². The number of anilines is 1. The Bertz CT molecular complexity index is 2280. The molecule has 1 N–H and O–H groups in total. The summed E-state index contributed by atoms with van der Waals surface area (Å²) in [5, 5.41) is 23.2. The Hall–Kier alpha value is -6.03. The fourth-order valence-electron chi connectivity index (χ4n) is 6.35. The molecule has 6 nitrogen and oxygen atoms in total. The zero-order valence-corrected chi connectivity index (χ0v) is 23.4. The van der Waals surface area contributed by atoms with E-state index in [-0.39, 0.29) is 5.91 Å². The number of hydrogen-bond acceptors (Lipinski definition) is 4. The molecule has 3 heterocycles. The maximum atomic E-state index is 13.8. The van der Waals surface area contributed by atoms with Gasteiger partial charge in [0.2, 0.25) is 0 Å². The maximum absolute atomic E-state index is 13.8. The van der Waals surface area contributed by atoms with Crippen LogP contribution in [-0.2, 0) is 0 Å². The van der Waals surface area contributed by atoms with Crippen LogP contribution in [0, 0.1) is 11.3 Å². The lowest BCUT2D eigenvalue weighted by Gasteiger charge is -2.22. The van der Waals surface area contributed by atoms with Gasteiger partial charge in [0.1, 0.15) is 6.07 Å². The van der Waals surface area contributed by atoms with E-state index in [0.29, 0.717) is 22.4 Å².